The molecule has 0 radical (unpaired) electrons. The molecule has 8 heteroatoms. The van der Waals surface area contributed by atoms with Gasteiger partial charge in [0, 0.05) is 0 Å². The number of nitrogens with two attached hydrogens (primary N) is 1. The van der Waals surface area contributed by atoms with Gasteiger partial charge in [0.15, 0.2) is 6.04 Å². The third kappa shape index (κ3) is 6.66. The van der Waals surface area contributed by atoms with Crippen molar-refractivity contribution in [3.63, 3.8) is 0 Å². The molecular formula is C16H22N2O6. The molecule has 0 spiro atoms. The van der Waals surface area contributed by atoms with Gasteiger partial charge in [-0.3, -0.25) is 4.79 Å². The Balaban J connectivity index is 2.63. The van der Waals surface area contributed by atoms with Gasteiger partial charge in [-0.1, -0.05) is 30.3 Å². The smallest absolute Gasteiger partial charge is 0.408 e. The second-order valence-electron chi connectivity index (χ2n) is 6.08. The molecule has 0 saturated carbocycles. The van der Waals surface area contributed by atoms with Gasteiger partial charge in [-0.05, 0) is 26.3 Å². The number of nitrogens with one attached hydrogen (secondary N) is 1. The second-order valence-corrected chi connectivity index (χ2v) is 6.08. The Kier molecular flexibility index (Phi) is 6.72. The van der Waals surface area contributed by atoms with Gasteiger partial charge < -0.3 is 25.6 Å². The average Bonchev–Trinajstić information content (AvgIpc) is 2.49. The zero-order valence-electron chi connectivity index (χ0n) is 13.8. The predicted octanol–water partition coefficient (Wildman–Crippen LogP) is 1.03. The number of carbonyl (C=O) groups excluding carboxylic acids is 2. The lowest BCUT2D eigenvalue weighted by atomic mass is 10.1. The standard InChI is InChI=1S/C16H22N2O6/c1-16(2,3)24-14(21)11(17)12(13(19)20)18-15(22)23-9-10-7-5-4-6-8-10/h4-8,11-12H,9,17H2,1-3H3,(H,18,22)(H,19,20)/t11?,12-/m0/s1. The number of carbonyl (C=O) groups is 3. The number of hydrogen-bond donors (Lipinski definition) is 3. The van der Waals surface area contributed by atoms with Gasteiger partial charge in [-0.2, -0.15) is 0 Å². The van der Waals surface area contributed by atoms with E-state index in [2.05, 4.69) is 5.32 Å². The van der Waals surface area contributed by atoms with Crippen LogP contribution in [-0.2, 0) is 25.7 Å². The van der Waals surface area contributed by atoms with Crippen LogP contribution in [0, 0.1) is 0 Å². The summed E-state index contributed by atoms with van der Waals surface area (Å²) in [7, 11) is 0. The van der Waals surface area contributed by atoms with E-state index in [-0.39, 0.29) is 6.61 Å². The molecule has 0 aliphatic rings. The minimum absolute atomic E-state index is 0.0410. The quantitative estimate of drug-likeness (QED) is 0.661. The van der Waals surface area contributed by atoms with Gasteiger partial charge in [-0.15, -0.1) is 0 Å². The van der Waals surface area contributed by atoms with Crippen LogP contribution in [0.15, 0.2) is 30.3 Å². The fraction of sp³-hybridized carbons (Fsp3) is 0.438. The van der Waals surface area contributed by atoms with Gasteiger partial charge in [-0.25, -0.2) is 9.59 Å². The number of alkyl carbamates (subject to hydrolysis) is 1. The topological polar surface area (TPSA) is 128 Å². The maximum absolute atomic E-state index is 11.9. The Morgan fingerprint density at radius 3 is 2.29 bits per heavy atom. The SMILES string of the molecule is CC(C)(C)OC(=O)C(N)[C@H](NC(=O)OCc1ccccc1)C(=O)O. The van der Waals surface area contributed by atoms with Crippen LogP contribution < -0.4 is 11.1 Å². The van der Waals surface area contributed by atoms with E-state index < -0.39 is 35.7 Å². The summed E-state index contributed by atoms with van der Waals surface area (Å²) in [6.45, 7) is 4.82. The molecule has 1 aromatic rings. The summed E-state index contributed by atoms with van der Waals surface area (Å²) in [4.78, 5) is 34.9. The normalized spacial score (nSPS) is 13.5. The molecule has 0 bridgehead atoms. The molecule has 1 rings (SSSR count). The summed E-state index contributed by atoms with van der Waals surface area (Å²) < 4.78 is 9.94. The van der Waals surface area contributed by atoms with E-state index in [1.807, 2.05) is 6.07 Å². The van der Waals surface area contributed by atoms with Crippen molar-refractivity contribution in [2.75, 3.05) is 0 Å². The molecule has 1 unspecified atom stereocenters. The number of carboxylic acid groups (broad SMARTS) is 1. The van der Waals surface area contributed by atoms with E-state index in [0.29, 0.717) is 0 Å². The maximum Gasteiger partial charge on any atom is 0.408 e. The number of aliphatic carboxylic acids is 1. The molecule has 0 aliphatic carbocycles. The van der Waals surface area contributed by atoms with Gasteiger partial charge in [0.1, 0.15) is 18.2 Å². The minimum atomic E-state index is -1.66. The maximum atomic E-state index is 11.9. The number of benzene rings is 1. The molecule has 0 fully saturated rings. The van der Waals surface area contributed by atoms with Crippen molar-refractivity contribution in [3.8, 4) is 0 Å². The molecule has 1 amide bonds. The number of hydrogen-bond acceptors (Lipinski definition) is 6. The monoisotopic (exact) mass is 338 g/mol. The van der Waals surface area contributed by atoms with E-state index >= 15 is 0 Å². The number of rotatable bonds is 6. The van der Waals surface area contributed by atoms with Crippen LogP contribution in [-0.4, -0.2) is 40.8 Å². The summed E-state index contributed by atoms with van der Waals surface area (Å²) in [5, 5.41) is 11.2. The molecule has 4 N–H and O–H groups in total. The lowest BCUT2D eigenvalue weighted by Crippen LogP contribution is -2.57. The van der Waals surface area contributed by atoms with Crippen LogP contribution in [0.5, 0.6) is 0 Å². The Morgan fingerprint density at radius 1 is 1.21 bits per heavy atom. The zero-order chi connectivity index (χ0) is 18.3. The lowest BCUT2D eigenvalue weighted by molar-refractivity contribution is -0.160. The van der Waals surface area contributed by atoms with E-state index in [4.69, 9.17) is 20.3 Å². The largest absolute Gasteiger partial charge is 0.480 e. The van der Waals surface area contributed by atoms with Crippen molar-refractivity contribution in [1.82, 2.24) is 5.32 Å². The summed E-state index contributed by atoms with van der Waals surface area (Å²) in [6, 6.07) is 5.62. The minimum Gasteiger partial charge on any atom is -0.480 e. The van der Waals surface area contributed by atoms with Crippen molar-refractivity contribution in [1.29, 1.82) is 0 Å². The van der Waals surface area contributed by atoms with E-state index in [1.54, 1.807) is 45.0 Å². The molecule has 0 aliphatic heterocycles. The summed E-state index contributed by atoms with van der Waals surface area (Å²) in [5.74, 6) is -2.40. The van der Waals surface area contributed by atoms with Crippen molar-refractivity contribution >= 4 is 18.0 Å². The molecule has 24 heavy (non-hydrogen) atoms. The summed E-state index contributed by atoms with van der Waals surface area (Å²) in [5.41, 5.74) is 5.50. The predicted molar refractivity (Wildman–Crippen MR) is 85.0 cm³/mol. The number of esters is 1. The average molecular weight is 338 g/mol. The fourth-order valence-electron chi connectivity index (χ4n) is 1.70. The molecule has 0 saturated heterocycles. The first-order valence-corrected chi connectivity index (χ1v) is 7.28. The van der Waals surface area contributed by atoms with Crippen molar-refractivity contribution in [2.24, 2.45) is 5.73 Å². The van der Waals surface area contributed by atoms with Crippen molar-refractivity contribution < 1.29 is 29.0 Å². The van der Waals surface area contributed by atoms with E-state index in [0.717, 1.165) is 5.56 Å². The highest BCUT2D eigenvalue weighted by molar-refractivity contribution is 5.89. The number of carboxylic acids is 1. The van der Waals surface area contributed by atoms with E-state index in [1.165, 1.54) is 0 Å². The lowest BCUT2D eigenvalue weighted by Gasteiger charge is -2.25. The van der Waals surface area contributed by atoms with Crippen LogP contribution in [0.2, 0.25) is 0 Å². The van der Waals surface area contributed by atoms with Gasteiger partial charge in [0.05, 0.1) is 0 Å². The highest BCUT2D eigenvalue weighted by Crippen LogP contribution is 2.09. The highest BCUT2D eigenvalue weighted by atomic mass is 16.6. The molecule has 132 valence electrons. The Bertz CT molecular complexity index is 582. The Morgan fingerprint density at radius 2 is 1.79 bits per heavy atom. The van der Waals surface area contributed by atoms with E-state index in [9.17, 15) is 14.4 Å². The molecule has 1 aromatic carbocycles. The first-order valence-electron chi connectivity index (χ1n) is 7.28. The molecule has 2 atom stereocenters. The second kappa shape index (κ2) is 8.30. The van der Waals surface area contributed by atoms with Gasteiger partial charge >= 0.3 is 18.0 Å². The molecule has 0 aromatic heterocycles. The number of amides is 1. The van der Waals surface area contributed by atoms with Crippen LogP contribution in [0.3, 0.4) is 0 Å². The van der Waals surface area contributed by atoms with Crippen LogP contribution in [0.25, 0.3) is 0 Å². The highest BCUT2D eigenvalue weighted by Gasteiger charge is 2.35. The molecule has 0 heterocycles. The van der Waals surface area contributed by atoms with Crippen LogP contribution >= 0.6 is 0 Å². The first-order chi connectivity index (χ1) is 11.1. The van der Waals surface area contributed by atoms with Crippen LogP contribution in [0.4, 0.5) is 4.79 Å². The van der Waals surface area contributed by atoms with Crippen LogP contribution in [0.1, 0.15) is 26.3 Å². The summed E-state index contributed by atoms with van der Waals surface area (Å²) in [6.07, 6.45) is -0.995. The Labute approximate surface area is 139 Å². The molecule has 8 nitrogen and oxygen atoms in total. The van der Waals surface area contributed by atoms with Crippen molar-refractivity contribution in [2.45, 2.75) is 45.1 Å². The summed E-state index contributed by atoms with van der Waals surface area (Å²) >= 11 is 0. The first kappa shape index (κ1) is 19.4. The number of ether oxygens (including phenoxy) is 2. The van der Waals surface area contributed by atoms with Crippen molar-refractivity contribution in [3.05, 3.63) is 35.9 Å². The zero-order valence-corrected chi connectivity index (χ0v) is 13.8. The Hall–Kier alpha value is -2.61. The third-order valence-electron chi connectivity index (χ3n) is 2.79. The third-order valence-corrected chi connectivity index (χ3v) is 2.79. The van der Waals surface area contributed by atoms with Gasteiger partial charge in [0.25, 0.3) is 0 Å². The molecular weight excluding hydrogens is 316 g/mol. The fourth-order valence-corrected chi connectivity index (χ4v) is 1.70. The van der Waals surface area contributed by atoms with Gasteiger partial charge in [0.2, 0.25) is 0 Å².